The number of aromatic nitrogens is 2. The Morgan fingerprint density at radius 2 is 2.06 bits per heavy atom. The number of fused-ring (bicyclic) bond motifs is 3. The number of hydrogen-bond acceptors (Lipinski definition) is 3. The number of rotatable bonds is 2. The molecule has 0 unspecified atom stereocenters. The molecule has 1 aromatic carbocycles. The first kappa shape index (κ1) is 10.1. The van der Waals surface area contributed by atoms with E-state index in [-0.39, 0.29) is 6.73 Å². The molecule has 0 saturated carbocycles. The van der Waals surface area contributed by atoms with Crippen LogP contribution in [0.4, 0.5) is 0 Å². The Morgan fingerprint density at radius 3 is 2.88 bits per heavy atom. The molecule has 0 aliphatic heterocycles. The van der Waals surface area contributed by atoms with Crippen molar-refractivity contribution in [3.63, 3.8) is 0 Å². The van der Waals surface area contributed by atoms with Gasteiger partial charge in [0.05, 0.1) is 23.3 Å². The van der Waals surface area contributed by atoms with Crippen LogP contribution in [0.25, 0.3) is 21.8 Å². The van der Waals surface area contributed by atoms with Crippen molar-refractivity contribution in [1.29, 1.82) is 0 Å². The van der Waals surface area contributed by atoms with Gasteiger partial charge in [-0.1, -0.05) is 18.2 Å². The fraction of sp³-hybridized carbons (Fsp3) is 0.154. The van der Waals surface area contributed by atoms with Crippen molar-refractivity contribution in [2.45, 2.75) is 0 Å². The van der Waals surface area contributed by atoms with Crippen molar-refractivity contribution in [3.05, 3.63) is 36.7 Å². The summed E-state index contributed by atoms with van der Waals surface area (Å²) in [6.45, 7) is 0.157. The van der Waals surface area contributed by atoms with E-state index in [1.165, 1.54) is 0 Å². The minimum atomic E-state index is 0.157. The van der Waals surface area contributed by atoms with Crippen LogP contribution in [0.3, 0.4) is 0 Å². The molecular weight excluding hydrogens is 214 g/mol. The summed E-state index contributed by atoms with van der Waals surface area (Å²) in [4.78, 5) is 4.19. The highest BCUT2D eigenvalue weighted by Gasteiger charge is 2.12. The molecule has 2 heterocycles. The van der Waals surface area contributed by atoms with E-state index < -0.39 is 0 Å². The Hall–Kier alpha value is -2.07. The highest BCUT2D eigenvalue weighted by Crippen LogP contribution is 2.33. The lowest BCUT2D eigenvalue weighted by Gasteiger charge is -2.04. The highest BCUT2D eigenvalue weighted by molar-refractivity contribution is 6.10. The molecule has 0 amide bonds. The summed E-state index contributed by atoms with van der Waals surface area (Å²) in [5.41, 5.74) is 7.66. The van der Waals surface area contributed by atoms with E-state index in [9.17, 15) is 0 Å². The molecule has 0 saturated heterocycles. The third-order valence-corrected chi connectivity index (χ3v) is 3.03. The lowest BCUT2D eigenvalue weighted by molar-refractivity contribution is 0.332. The zero-order valence-electron chi connectivity index (χ0n) is 9.55. The van der Waals surface area contributed by atoms with Crippen LogP contribution in [0, 0.1) is 0 Å². The Bertz CT molecular complexity index is 688. The monoisotopic (exact) mass is 227 g/mol. The quantitative estimate of drug-likeness (QED) is 0.681. The molecule has 2 aromatic heterocycles. The average Bonchev–Trinajstić information content (AvgIpc) is 2.66. The van der Waals surface area contributed by atoms with E-state index in [0.717, 1.165) is 27.6 Å². The Morgan fingerprint density at radius 1 is 1.24 bits per heavy atom. The maximum Gasteiger partial charge on any atom is 0.149 e. The molecule has 0 aliphatic rings. The molecule has 2 N–H and O–H groups in total. The van der Waals surface area contributed by atoms with Gasteiger partial charge < -0.3 is 9.30 Å². The van der Waals surface area contributed by atoms with E-state index in [0.29, 0.717) is 0 Å². The van der Waals surface area contributed by atoms with Gasteiger partial charge in [-0.05, 0) is 6.07 Å². The maximum atomic E-state index is 5.45. The summed E-state index contributed by atoms with van der Waals surface area (Å²) in [5, 5.41) is 2.24. The first-order valence-electron chi connectivity index (χ1n) is 5.47. The van der Waals surface area contributed by atoms with Crippen LogP contribution in [0.1, 0.15) is 0 Å². The standard InChI is InChI=1S/C13H13N3O/c1-16-10-5-3-2-4-9(10)13-11(16)6-15-7-12(13)17-8-14/h2-7H,8,14H2,1H3. The lowest BCUT2D eigenvalue weighted by atomic mass is 10.2. The molecule has 0 atom stereocenters. The Balaban J connectivity index is 2.49. The van der Waals surface area contributed by atoms with E-state index in [2.05, 4.69) is 21.7 Å². The summed E-state index contributed by atoms with van der Waals surface area (Å²) < 4.78 is 7.55. The third-order valence-electron chi connectivity index (χ3n) is 3.03. The van der Waals surface area contributed by atoms with E-state index in [4.69, 9.17) is 10.5 Å². The predicted octanol–water partition coefficient (Wildman–Crippen LogP) is 2.02. The van der Waals surface area contributed by atoms with Gasteiger partial charge in [-0.15, -0.1) is 0 Å². The van der Waals surface area contributed by atoms with Crippen molar-refractivity contribution in [2.24, 2.45) is 12.8 Å². The summed E-state index contributed by atoms with van der Waals surface area (Å²) in [5.74, 6) is 0.738. The van der Waals surface area contributed by atoms with Crippen LogP contribution in [0.2, 0.25) is 0 Å². The van der Waals surface area contributed by atoms with Gasteiger partial charge in [0, 0.05) is 18.0 Å². The molecule has 86 valence electrons. The minimum Gasteiger partial charge on any atom is -0.476 e. The predicted molar refractivity (Wildman–Crippen MR) is 67.9 cm³/mol. The molecule has 0 aliphatic carbocycles. The van der Waals surface area contributed by atoms with E-state index in [1.807, 2.05) is 25.4 Å². The van der Waals surface area contributed by atoms with Crippen LogP contribution in [0.5, 0.6) is 5.75 Å². The van der Waals surface area contributed by atoms with E-state index in [1.54, 1.807) is 6.20 Å². The number of ether oxygens (including phenoxy) is 1. The van der Waals surface area contributed by atoms with Gasteiger partial charge in [-0.2, -0.15) is 0 Å². The van der Waals surface area contributed by atoms with Gasteiger partial charge in [0.1, 0.15) is 12.5 Å². The summed E-state index contributed by atoms with van der Waals surface area (Å²) in [6, 6.07) is 8.22. The van der Waals surface area contributed by atoms with Crippen LogP contribution in [-0.4, -0.2) is 16.3 Å². The molecule has 0 bridgehead atoms. The van der Waals surface area contributed by atoms with Crippen LogP contribution >= 0.6 is 0 Å². The summed E-state index contributed by atoms with van der Waals surface area (Å²) in [6.07, 6.45) is 3.56. The third kappa shape index (κ3) is 1.38. The molecule has 3 rings (SSSR count). The number of pyridine rings is 1. The van der Waals surface area contributed by atoms with E-state index >= 15 is 0 Å². The van der Waals surface area contributed by atoms with Gasteiger partial charge in [0.25, 0.3) is 0 Å². The second kappa shape index (κ2) is 3.75. The van der Waals surface area contributed by atoms with Gasteiger partial charge in [0.15, 0.2) is 0 Å². The van der Waals surface area contributed by atoms with Crippen molar-refractivity contribution in [3.8, 4) is 5.75 Å². The van der Waals surface area contributed by atoms with Gasteiger partial charge in [-0.25, -0.2) is 0 Å². The molecule has 0 fully saturated rings. The summed E-state index contributed by atoms with van der Waals surface area (Å²) >= 11 is 0. The Kier molecular flexibility index (Phi) is 2.23. The number of nitrogens with zero attached hydrogens (tertiary/aromatic N) is 2. The van der Waals surface area contributed by atoms with Gasteiger partial charge in [0.2, 0.25) is 0 Å². The normalized spacial score (nSPS) is 11.2. The minimum absolute atomic E-state index is 0.157. The van der Waals surface area contributed by atoms with Crippen molar-refractivity contribution >= 4 is 21.8 Å². The SMILES string of the molecule is Cn1c2ccccc2c2c(OCN)cncc21. The smallest absolute Gasteiger partial charge is 0.149 e. The number of hydrogen-bond donors (Lipinski definition) is 1. The van der Waals surface area contributed by atoms with Gasteiger partial charge >= 0.3 is 0 Å². The van der Waals surface area contributed by atoms with Crippen LogP contribution < -0.4 is 10.5 Å². The molecule has 3 aromatic rings. The van der Waals surface area contributed by atoms with Crippen LogP contribution in [-0.2, 0) is 7.05 Å². The molecule has 0 radical (unpaired) electrons. The summed E-state index contributed by atoms with van der Waals surface area (Å²) in [7, 11) is 2.03. The molecule has 4 heteroatoms. The fourth-order valence-electron chi connectivity index (χ4n) is 2.26. The molecular formula is C13H13N3O. The number of para-hydroxylation sites is 1. The Labute approximate surface area is 98.6 Å². The first-order chi connectivity index (χ1) is 8.33. The zero-order chi connectivity index (χ0) is 11.8. The molecule has 4 nitrogen and oxygen atoms in total. The van der Waals surface area contributed by atoms with Crippen LogP contribution in [0.15, 0.2) is 36.7 Å². The highest BCUT2D eigenvalue weighted by atomic mass is 16.5. The first-order valence-corrected chi connectivity index (χ1v) is 5.47. The number of nitrogens with two attached hydrogens (primary N) is 1. The fourth-order valence-corrected chi connectivity index (χ4v) is 2.26. The number of aryl methyl sites for hydroxylation is 1. The van der Waals surface area contributed by atoms with Crippen molar-refractivity contribution in [2.75, 3.05) is 6.73 Å². The number of benzene rings is 1. The molecule has 0 spiro atoms. The average molecular weight is 227 g/mol. The van der Waals surface area contributed by atoms with Crippen molar-refractivity contribution < 1.29 is 4.74 Å². The maximum absolute atomic E-state index is 5.45. The van der Waals surface area contributed by atoms with Crippen molar-refractivity contribution in [1.82, 2.24) is 9.55 Å². The second-order valence-electron chi connectivity index (χ2n) is 3.92. The molecule has 17 heavy (non-hydrogen) atoms. The second-order valence-corrected chi connectivity index (χ2v) is 3.92. The topological polar surface area (TPSA) is 53.1 Å². The van der Waals surface area contributed by atoms with Gasteiger partial charge in [-0.3, -0.25) is 10.7 Å². The lowest BCUT2D eigenvalue weighted by Crippen LogP contribution is -2.07. The zero-order valence-corrected chi connectivity index (χ0v) is 9.55. The largest absolute Gasteiger partial charge is 0.476 e.